The number of hydrogen-bond donors (Lipinski definition) is 2. The van der Waals surface area contributed by atoms with Crippen molar-refractivity contribution >= 4 is 52.1 Å². The molecule has 5 aromatic rings. The molecular formula is C27H21ClN4O5S. The third-order valence-electron chi connectivity index (χ3n) is 6.00. The van der Waals surface area contributed by atoms with Gasteiger partial charge in [-0.15, -0.1) is 0 Å². The molecular weight excluding hydrogens is 528 g/mol. The fraction of sp³-hybridized carbons (Fsp3) is 0.148. The lowest BCUT2D eigenvalue weighted by molar-refractivity contribution is -0.136. The van der Waals surface area contributed by atoms with Crippen LogP contribution in [0.3, 0.4) is 0 Å². The molecule has 1 unspecified atom stereocenters. The summed E-state index contributed by atoms with van der Waals surface area (Å²) in [7, 11) is 0. The number of nitrogens with one attached hydrogen (secondary N) is 1. The summed E-state index contributed by atoms with van der Waals surface area (Å²) in [6.07, 6.45) is -1.31. The quantitative estimate of drug-likeness (QED) is 0.224. The third kappa shape index (κ3) is 5.09. The third-order valence-corrected chi connectivity index (χ3v) is 6.87. The predicted molar refractivity (Wildman–Crippen MR) is 144 cm³/mol. The number of hydrogen-bond acceptors (Lipinski definition) is 8. The molecule has 0 radical (unpaired) electrons. The minimum absolute atomic E-state index is 0.0485. The van der Waals surface area contributed by atoms with Gasteiger partial charge in [0.1, 0.15) is 28.5 Å². The number of carbonyl (C=O) groups excluding carboxylic acids is 1. The van der Waals surface area contributed by atoms with Crippen LogP contribution >= 0.6 is 23.3 Å². The SMILES string of the molecule is Cc1noc(-c2ccc(-c3ccc(CC(=O)O)cc3)c3nsnc23)c1NC(=O)OC(C)c1ccccc1Cl. The van der Waals surface area contributed by atoms with Gasteiger partial charge in [0.25, 0.3) is 0 Å². The molecule has 38 heavy (non-hydrogen) atoms. The smallest absolute Gasteiger partial charge is 0.412 e. The molecule has 0 fully saturated rings. The number of aryl methyl sites for hydroxylation is 1. The highest BCUT2D eigenvalue weighted by Gasteiger charge is 2.24. The van der Waals surface area contributed by atoms with Crippen molar-refractivity contribution in [3.8, 4) is 22.5 Å². The molecule has 9 nitrogen and oxygen atoms in total. The normalized spacial score (nSPS) is 11.9. The highest BCUT2D eigenvalue weighted by molar-refractivity contribution is 7.00. The van der Waals surface area contributed by atoms with Gasteiger partial charge in [0, 0.05) is 16.1 Å². The van der Waals surface area contributed by atoms with Crippen LogP contribution in [0.15, 0.2) is 65.2 Å². The largest absolute Gasteiger partial charge is 0.481 e. The summed E-state index contributed by atoms with van der Waals surface area (Å²) in [5.41, 5.74) is 5.76. The van der Waals surface area contributed by atoms with Crippen molar-refractivity contribution in [1.82, 2.24) is 13.9 Å². The van der Waals surface area contributed by atoms with Gasteiger partial charge in [0.15, 0.2) is 5.76 Å². The number of carbonyl (C=O) groups is 2. The summed E-state index contributed by atoms with van der Waals surface area (Å²) in [6.45, 7) is 3.45. The van der Waals surface area contributed by atoms with Crippen molar-refractivity contribution in [2.75, 3.05) is 5.32 Å². The van der Waals surface area contributed by atoms with E-state index < -0.39 is 18.2 Å². The number of rotatable bonds is 7. The first-order valence-electron chi connectivity index (χ1n) is 11.6. The van der Waals surface area contributed by atoms with Crippen LogP contribution in [0.1, 0.15) is 29.8 Å². The van der Waals surface area contributed by atoms with Crippen molar-refractivity contribution in [3.05, 3.63) is 82.5 Å². The zero-order chi connectivity index (χ0) is 26.8. The molecule has 3 aromatic carbocycles. The second-order valence-corrected chi connectivity index (χ2v) is 9.49. The second kappa shape index (κ2) is 10.6. The number of carboxylic acid groups (broad SMARTS) is 1. The standard InChI is InChI=1S/C27H21ClN4O5S/c1-14-23(29-27(35)36-15(2)18-5-3-4-6-21(18)28)26(37-30-14)20-12-11-19(24-25(20)32-38-31-24)17-9-7-16(8-10-17)13-22(33)34/h3-12,15H,13H2,1-2H3,(H,29,35)(H,33,34). The monoisotopic (exact) mass is 548 g/mol. The average molecular weight is 549 g/mol. The number of aliphatic carboxylic acids is 1. The van der Waals surface area contributed by atoms with Crippen LogP contribution in [-0.4, -0.2) is 31.1 Å². The minimum atomic E-state index is -0.887. The number of amides is 1. The second-order valence-electron chi connectivity index (χ2n) is 8.56. The van der Waals surface area contributed by atoms with E-state index in [0.717, 1.165) is 22.9 Å². The summed E-state index contributed by atoms with van der Waals surface area (Å²) >= 11 is 7.28. The summed E-state index contributed by atoms with van der Waals surface area (Å²) in [5.74, 6) is -0.562. The van der Waals surface area contributed by atoms with Gasteiger partial charge in [0.05, 0.1) is 23.7 Å². The van der Waals surface area contributed by atoms with E-state index >= 15 is 0 Å². The Bertz CT molecular complexity index is 1650. The van der Waals surface area contributed by atoms with Crippen LogP contribution in [0.5, 0.6) is 0 Å². The maximum atomic E-state index is 12.8. The summed E-state index contributed by atoms with van der Waals surface area (Å²) < 4.78 is 20.1. The van der Waals surface area contributed by atoms with Gasteiger partial charge in [-0.2, -0.15) is 8.75 Å². The Labute approximate surface area is 226 Å². The van der Waals surface area contributed by atoms with Crippen LogP contribution in [0.25, 0.3) is 33.5 Å². The summed E-state index contributed by atoms with van der Waals surface area (Å²) in [6, 6.07) is 18.1. The van der Waals surface area contributed by atoms with E-state index in [9.17, 15) is 9.59 Å². The van der Waals surface area contributed by atoms with Gasteiger partial charge in [-0.25, -0.2) is 4.79 Å². The molecule has 0 aliphatic heterocycles. The Hall–Kier alpha value is -4.28. The van der Waals surface area contributed by atoms with Crippen LogP contribution in [0, 0.1) is 6.92 Å². The van der Waals surface area contributed by atoms with Gasteiger partial charge >= 0.3 is 12.1 Å². The van der Waals surface area contributed by atoms with Crippen molar-refractivity contribution in [2.45, 2.75) is 26.4 Å². The summed E-state index contributed by atoms with van der Waals surface area (Å²) in [5, 5.41) is 16.3. The lowest BCUT2D eigenvalue weighted by Gasteiger charge is -2.15. The molecule has 1 atom stereocenters. The van der Waals surface area contributed by atoms with Gasteiger partial charge in [0.2, 0.25) is 0 Å². The van der Waals surface area contributed by atoms with E-state index in [0.29, 0.717) is 49.9 Å². The number of benzene rings is 3. The topological polar surface area (TPSA) is 127 Å². The van der Waals surface area contributed by atoms with Crippen LogP contribution in [0.2, 0.25) is 5.02 Å². The van der Waals surface area contributed by atoms with Crippen molar-refractivity contribution in [2.24, 2.45) is 0 Å². The zero-order valence-corrected chi connectivity index (χ0v) is 21.8. The van der Waals surface area contributed by atoms with Crippen molar-refractivity contribution in [1.29, 1.82) is 0 Å². The number of ether oxygens (including phenoxy) is 1. The molecule has 2 heterocycles. The Kier molecular flexibility index (Phi) is 7.08. The fourth-order valence-corrected chi connectivity index (χ4v) is 4.98. The van der Waals surface area contributed by atoms with E-state index in [1.807, 2.05) is 30.3 Å². The first-order chi connectivity index (χ1) is 18.3. The Balaban J connectivity index is 1.43. The molecule has 0 aliphatic carbocycles. The number of carboxylic acids is 1. The maximum absolute atomic E-state index is 12.8. The molecule has 0 saturated heterocycles. The van der Waals surface area contributed by atoms with Gasteiger partial charge in [-0.1, -0.05) is 65.3 Å². The first-order valence-corrected chi connectivity index (χ1v) is 12.7. The molecule has 192 valence electrons. The van der Waals surface area contributed by atoms with Crippen LogP contribution < -0.4 is 5.32 Å². The highest BCUT2D eigenvalue weighted by Crippen LogP contribution is 2.39. The van der Waals surface area contributed by atoms with Crippen LogP contribution in [-0.2, 0) is 16.0 Å². The fourth-order valence-electron chi connectivity index (χ4n) is 4.12. The zero-order valence-electron chi connectivity index (χ0n) is 20.3. The minimum Gasteiger partial charge on any atom is -0.481 e. The molecule has 0 spiro atoms. The van der Waals surface area contributed by atoms with Gasteiger partial charge in [-0.05, 0) is 37.1 Å². The molecule has 11 heteroatoms. The molecule has 1 amide bonds. The molecule has 0 bridgehead atoms. The molecule has 2 aromatic heterocycles. The van der Waals surface area contributed by atoms with Gasteiger partial charge < -0.3 is 14.4 Å². The predicted octanol–water partition coefficient (Wildman–Crippen LogP) is 6.91. The number of halogens is 1. The van der Waals surface area contributed by atoms with E-state index in [1.165, 1.54) is 0 Å². The Morgan fingerprint density at radius 3 is 2.45 bits per heavy atom. The van der Waals surface area contributed by atoms with Crippen LogP contribution in [0.4, 0.5) is 10.5 Å². The lowest BCUT2D eigenvalue weighted by atomic mass is 9.98. The van der Waals surface area contributed by atoms with E-state index in [-0.39, 0.29) is 6.42 Å². The average Bonchev–Trinajstić information content (AvgIpc) is 3.51. The first kappa shape index (κ1) is 25.4. The number of nitrogens with zero attached hydrogens (tertiary/aromatic N) is 3. The number of fused-ring (bicyclic) bond motifs is 1. The molecule has 0 saturated carbocycles. The summed E-state index contributed by atoms with van der Waals surface area (Å²) in [4.78, 5) is 23.8. The highest BCUT2D eigenvalue weighted by atomic mass is 35.5. The van der Waals surface area contributed by atoms with E-state index in [2.05, 4.69) is 19.2 Å². The van der Waals surface area contributed by atoms with E-state index in [1.54, 1.807) is 44.2 Å². The van der Waals surface area contributed by atoms with E-state index in [4.69, 9.17) is 26.0 Å². The maximum Gasteiger partial charge on any atom is 0.412 e. The van der Waals surface area contributed by atoms with Crippen molar-refractivity contribution < 1.29 is 24.0 Å². The van der Waals surface area contributed by atoms with Crippen molar-refractivity contribution in [3.63, 3.8) is 0 Å². The number of anilines is 1. The number of aromatic nitrogens is 3. The Morgan fingerprint density at radius 1 is 1.05 bits per heavy atom. The van der Waals surface area contributed by atoms with Gasteiger partial charge in [-0.3, -0.25) is 10.1 Å². The molecule has 2 N–H and O–H groups in total. The molecule has 0 aliphatic rings. The Morgan fingerprint density at radius 2 is 1.74 bits per heavy atom. The molecule has 5 rings (SSSR count). The lowest BCUT2D eigenvalue weighted by Crippen LogP contribution is -2.17.